The van der Waals surface area contributed by atoms with Gasteiger partial charge in [-0.2, -0.15) is 0 Å². The molecule has 27 heavy (non-hydrogen) atoms. The number of rotatable bonds is 7. The second-order valence-corrected chi connectivity index (χ2v) is 8.00. The van der Waals surface area contributed by atoms with Crippen LogP contribution in [0, 0.1) is 0 Å². The first-order chi connectivity index (χ1) is 13.1. The molecule has 3 nitrogen and oxygen atoms in total. The second-order valence-electron chi connectivity index (χ2n) is 7.15. The normalized spacial score (nSPS) is 15.3. The summed E-state index contributed by atoms with van der Waals surface area (Å²) in [6.45, 7) is 2.65. The number of thiocarbonyl (C=S) groups is 1. The molecule has 5 heteroatoms. The van der Waals surface area contributed by atoms with Crippen LogP contribution in [0.5, 0.6) is 5.75 Å². The maximum atomic E-state index is 5.99. The van der Waals surface area contributed by atoms with Gasteiger partial charge in [-0.3, -0.25) is 0 Å². The number of aryl methyl sites for hydroxylation is 1. The molecular formula is C22H27ClN2OS. The van der Waals surface area contributed by atoms with Crippen molar-refractivity contribution in [1.82, 2.24) is 5.32 Å². The van der Waals surface area contributed by atoms with E-state index in [-0.39, 0.29) is 5.54 Å². The van der Waals surface area contributed by atoms with Crippen molar-refractivity contribution in [3.05, 3.63) is 59.1 Å². The molecule has 0 heterocycles. The summed E-state index contributed by atoms with van der Waals surface area (Å²) in [6.07, 6.45) is 6.91. The minimum Gasteiger partial charge on any atom is -0.494 e. The number of ether oxygens (including phenoxy) is 1. The summed E-state index contributed by atoms with van der Waals surface area (Å²) in [5.74, 6) is 0.872. The summed E-state index contributed by atoms with van der Waals surface area (Å²) < 4.78 is 5.49. The maximum Gasteiger partial charge on any atom is 0.171 e. The first-order valence-electron chi connectivity index (χ1n) is 9.65. The van der Waals surface area contributed by atoms with Gasteiger partial charge in [0.05, 0.1) is 6.61 Å². The number of halogens is 1. The highest BCUT2D eigenvalue weighted by Gasteiger charge is 2.34. The topological polar surface area (TPSA) is 33.3 Å². The lowest BCUT2D eigenvalue weighted by Crippen LogP contribution is -2.48. The molecule has 0 saturated heterocycles. The van der Waals surface area contributed by atoms with Crippen molar-refractivity contribution in [2.45, 2.75) is 51.0 Å². The van der Waals surface area contributed by atoms with E-state index in [4.69, 9.17) is 28.6 Å². The van der Waals surface area contributed by atoms with Crippen LogP contribution in [0.2, 0.25) is 5.02 Å². The van der Waals surface area contributed by atoms with E-state index >= 15 is 0 Å². The molecule has 0 atom stereocenters. The molecule has 0 spiro atoms. The molecule has 3 rings (SSSR count). The van der Waals surface area contributed by atoms with Gasteiger partial charge in [0.2, 0.25) is 0 Å². The third-order valence-electron chi connectivity index (χ3n) is 5.17. The SMILES string of the molecule is CCOc1ccc(NC(=S)NC2(CCc3ccc(Cl)cc3)CCCC2)cc1. The first kappa shape index (κ1) is 20.0. The molecule has 1 fully saturated rings. The Balaban J connectivity index is 1.57. The first-order valence-corrected chi connectivity index (χ1v) is 10.4. The smallest absolute Gasteiger partial charge is 0.171 e. The lowest BCUT2D eigenvalue weighted by atomic mass is 9.89. The van der Waals surface area contributed by atoms with Crippen LogP contribution in [0.1, 0.15) is 44.6 Å². The van der Waals surface area contributed by atoms with Crippen LogP contribution >= 0.6 is 23.8 Å². The zero-order valence-corrected chi connectivity index (χ0v) is 17.3. The van der Waals surface area contributed by atoms with Crippen LogP contribution < -0.4 is 15.4 Å². The minimum atomic E-state index is 0.0784. The Morgan fingerprint density at radius 1 is 1.07 bits per heavy atom. The summed E-state index contributed by atoms with van der Waals surface area (Å²) in [7, 11) is 0. The van der Waals surface area contributed by atoms with Crippen LogP contribution in [0.15, 0.2) is 48.5 Å². The monoisotopic (exact) mass is 402 g/mol. The third-order valence-corrected chi connectivity index (χ3v) is 5.62. The average Bonchev–Trinajstić information content (AvgIpc) is 3.12. The molecular weight excluding hydrogens is 376 g/mol. The zero-order chi connectivity index (χ0) is 19.1. The molecule has 0 aromatic heterocycles. The Labute approximate surface area is 172 Å². The van der Waals surface area contributed by atoms with Gasteiger partial charge in [-0.05, 0) is 86.8 Å². The van der Waals surface area contributed by atoms with Crippen molar-refractivity contribution >= 4 is 34.6 Å². The summed E-state index contributed by atoms with van der Waals surface area (Å²) >= 11 is 11.6. The van der Waals surface area contributed by atoms with E-state index in [9.17, 15) is 0 Å². The summed E-state index contributed by atoms with van der Waals surface area (Å²) in [6, 6.07) is 16.1. The van der Waals surface area contributed by atoms with E-state index < -0.39 is 0 Å². The van der Waals surface area contributed by atoms with Gasteiger partial charge >= 0.3 is 0 Å². The Hall–Kier alpha value is -1.78. The molecule has 2 aromatic rings. The number of hydrogen-bond donors (Lipinski definition) is 2. The van der Waals surface area contributed by atoms with Gasteiger partial charge in [-0.1, -0.05) is 36.6 Å². The van der Waals surface area contributed by atoms with Crippen LogP contribution in [0.3, 0.4) is 0 Å². The molecule has 2 N–H and O–H groups in total. The average molecular weight is 403 g/mol. The van der Waals surface area contributed by atoms with E-state index in [1.54, 1.807) is 0 Å². The van der Waals surface area contributed by atoms with Gasteiger partial charge in [-0.15, -0.1) is 0 Å². The fourth-order valence-corrected chi connectivity index (χ4v) is 4.19. The van der Waals surface area contributed by atoms with Crippen molar-refractivity contribution in [3.63, 3.8) is 0 Å². The molecule has 0 amide bonds. The van der Waals surface area contributed by atoms with Crippen molar-refractivity contribution in [2.24, 2.45) is 0 Å². The number of nitrogens with one attached hydrogen (secondary N) is 2. The van der Waals surface area contributed by atoms with Gasteiger partial charge in [0.15, 0.2) is 5.11 Å². The fourth-order valence-electron chi connectivity index (χ4n) is 3.73. The minimum absolute atomic E-state index is 0.0784. The second kappa shape index (κ2) is 9.43. The van der Waals surface area contributed by atoms with E-state index in [1.807, 2.05) is 43.3 Å². The van der Waals surface area contributed by atoms with Gasteiger partial charge in [-0.25, -0.2) is 0 Å². The Morgan fingerprint density at radius 3 is 2.37 bits per heavy atom. The number of anilines is 1. The predicted octanol–water partition coefficient (Wildman–Crippen LogP) is 5.97. The van der Waals surface area contributed by atoms with Gasteiger partial charge < -0.3 is 15.4 Å². The molecule has 1 saturated carbocycles. The van der Waals surface area contributed by atoms with Gasteiger partial charge in [0.25, 0.3) is 0 Å². The number of hydrogen-bond acceptors (Lipinski definition) is 2. The Bertz CT molecular complexity index is 740. The molecule has 0 bridgehead atoms. The lowest BCUT2D eigenvalue weighted by Gasteiger charge is -2.32. The predicted molar refractivity (Wildman–Crippen MR) is 118 cm³/mol. The molecule has 0 aliphatic heterocycles. The van der Waals surface area contributed by atoms with E-state index in [0.717, 1.165) is 42.1 Å². The lowest BCUT2D eigenvalue weighted by molar-refractivity contribution is 0.340. The third kappa shape index (κ3) is 5.85. The fraction of sp³-hybridized carbons (Fsp3) is 0.409. The van der Waals surface area contributed by atoms with Crippen molar-refractivity contribution in [3.8, 4) is 5.75 Å². The Kier molecular flexibility index (Phi) is 6.97. The highest BCUT2D eigenvalue weighted by molar-refractivity contribution is 7.80. The highest BCUT2D eigenvalue weighted by Crippen LogP contribution is 2.34. The van der Waals surface area contributed by atoms with Crippen LogP contribution in [-0.4, -0.2) is 17.3 Å². The molecule has 0 radical (unpaired) electrons. The van der Waals surface area contributed by atoms with Gasteiger partial charge in [0.1, 0.15) is 5.75 Å². The molecule has 1 aliphatic carbocycles. The van der Waals surface area contributed by atoms with E-state index in [0.29, 0.717) is 11.7 Å². The van der Waals surface area contributed by atoms with Crippen LogP contribution in [0.4, 0.5) is 5.69 Å². The van der Waals surface area contributed by atoms with Crippen molar-refractivity contribution in [1.29, 1.82) is 0 Å². The van der Waals surface area contributed by atoms with Crippen molar-refractivity contribution in [2.75, 3.05) is 11.9 Å². The molecule has 144 valence electrons. The van der Waals surface area contributed by atoms with E-state index in [2.05, 4.69) is 22.8 Å². The van der Waals surface area contributed by atoms with Crippen molar-refractivity contribution < 1.29 is 4.74 Å². The van der Waals surface area contributed by atoms with Crippen LogP contribution in [0.25, 0.3) is 0 Å². The summed E-state index contributed by atoms with van der Waals surface area (Å²) in [5.41, 5.74) is 2.37. The summed E-state index contributed by atoms with van der Waals surface area (Å²) in [4.78, 5) is 0. The van der Waals surface area contributed by atoms with Gasteiger partial charge in [0, 0.05) is 16.2 Å². The van der Waals surface area contributed by atoms with E-state index in [1.165, 1.54) is 18.4 Å². The quantitative estimate of drug-likeness (QED) is 0.559. The highest BCUT2D eigenvalue weighted by atomic mass is 35.5. The standard InChI is InChI=1S/C22H27ClN2OS/c1-2-26-20-11-9-19(10-12-20)24-21(27)25-22(14-3-4-15-22)16-13-17-5-7-18(23)8-6-17/h5-12H,2-4,13-16H2,1H3,(H2,24,25,27). The molecule has 0 unspecified atom stereocenters. The summed E-state index contributed by atoms with van der Waals surface area (Å²) in [5, 5.41) is 8.42. The zero-order valence-electron chi connectivity index (χ0n) is 15.8. The molecule has 2 aromatic carbocycles. The largest absolute Gasteiger partial charge is 0.494 e. The maximum absolute atomic E-state index is 5.99. The Morgan fingerprint density at radius 2 is 1.74 bits per heavy atom. The van der Waals surface area contributed by atoms with Crippen LogP contribution in [-0.2, 0) is 6.42 Å². The molecule has 1 aliphatic rings. The number of benzene rings is 2.